The fraction of sp³-hybridized carbons (Fsp3) is 0.667. The minimum Gasteiger partial charge on any atom is -0.295 e. The zero-order chi connectivity index (χ0) is 7.56. The van der Waals surface area contributed by atoms with Crippen LogP contribution < -0.4 is 0 Å². The van der Waals surface area contributed by atoms with Gasteiger partial charge in [0.25, 0.3) is 0 Å². The summed E-state index contributed by atoms with van der Waals surface area (Å²) in [7, 11) is 0. The monoisotopic (exact) mass is 138 g/mol. The van der Waals surface area contributed by atoms with Crippen molar-refractivity contribution in [3.63, 3.8) is 0 Å². The highest BCUT2D eigenvalue weighted by molar-refractivity contribution is 5.93. The molecule has 0 atom stereocenters. The summed E-state index contributed by atoms with van der Waals surface area (Å²) >= 11 is 0. The van der Waals surface area contributed by atoms with Gasteiger partial charge < -0.3 is 0 Å². The van der Waals surface area contributed by atoms with E-state index in [0.29, 0.717) is 0 Å². The lowest BCUT2D eigenvalue weighted by Gasteiger charge is -1.99. The Balaban J connectivity index is 2.73. The molecule has 0 aromatic heterocycles. The average Bonchev–Trinajstić information content (AvgIpc) is 2.36. The number of hydrogen-bond donors (Lipinski definition) is 0. The normalized spacial score (nSPS) is 17.6. The molecule has 0 aromatic carbocycles. The minimum atomic E-state index is 0.247. The third-order valence-corrected chi connectivity index (χ3v) is 2.27. The zero-order valence-corrected chi connectivity index (χ0v) is 6.74. The molecule has 0 amide bonds. The summed E-state index contributed by atoms with van der Waals surface area (Å²) < 4.78 is 0. The van der Waals surface area contributed by atoms with E-state index in [1.54, 1.807) is 6.92 Å². The van der Waals surface area contributed by atoms with Crippen LogP contribution in [0.25, 0.3) is 0 Å². The summed E-state index contributed by atoms with van der Waals surface area (Å²) in [5.74, 6) is 0.247. The molecule has 0 aliphatic heterocycles. The Morgan fingerprint density at radius 1 is 1.20 bits per heavy atom. The van der Waals surface area contributed by atoms with E-state index in [1.807, 2.05) is 6.92 Å². The molecule has 0 spiro atoms. The highest BCUT2D eigenvalue weighted by atomic mass is 16.1. The molecule has 1 nitrogen and oxygen atoms in total. The molecule has 1 heteroatoms. The molecular formula is C9H14O. The Bertz CT molecular complexity index is 169. The summed E-state index contributed by atoms with van der Waals surface area (Å²) in [4.78, 5) is 10.9. The molecule has 0 bridgehead atoms. The Labute approximate surface area is 62.1 Å². The number of Topliss-reactive ketones (excluding diaryl/α,β-unsaturated/α-hetero) is 1. The molecular weight excluding hydrogens is 124 g/mol. The van der Waals surface area contributed by atoms with Crippen LogP contribution in [-0.4, -0.2) is 5.78 Å². The average molecular weight is 138 g/mol. The van der Waals surface area contributed by atoms with Crippen LogP contribution in [0.3, 0.4) is 0 Å². The van der Waals surface area contributed by atoms with Gasteiger partial charge in [0.05, 0.1) is 0 Å². The van der Waals surface area contributed by atoms with E-state index >= 15 is 0 Å². The SMILES string of the molecule is CC(=O)C(C)=C1CCCC1. The first-order valence-corrected chi connectivity index (χ1v) is 3.91. The number of allylic oxidation sites excluding steroid dienone is 2. The summed E-state index contributed by atoms with van der Waals surface area (Å²) in [6, 6.07) is 0. The summed E-state index contributed by atoms with van der Waals surface area (Å²) in [5, 5.41) is 0. The fourth-order valence-electron chi connectivity index (χ4n) is 1.43. The maximum Gasteiger partial charge on any atom is 0.155 e. The molecule has 1 fully saturated rings. The van der Waals surface area contributed by atoms with E-state index in [1.165, 1.54) is 18.4 Å². The van der Waals surface area contributed by atoms with Gasteiger partial charge in [-0.1, -0.05) is 5.57 Å². The van der Waals surface area contributed by atoms with Crippen LogP contribution in [0.5, 0.6) is 0 Å². The van der Waals surface area contributed by atoms with Gasteiger partial charge in [0, 0.05) is 0 Å². The van der Waals surface area contributed by atoms with Crippen LogP contribution in [0, 0.1) is 0 Å². The highest BCUT2D eigenvalue weighted by Crippen LogP contribution is 2.26. The molecule has 0 radical (unpaired) electrons. The van der Waals surface area contributed by atoms with E-state index in [4.69, 9.17) is 0 Å². The fourth-order valence-corrected chi connectivity index (χ4v) is 1.43. The second kappa shape index (κ2) is 3.00. The molecule has 0 unspecified atom stereocenters. The van der Waals surface area contributed by atoms with E-state index in [0.717, 1.165) is 18.4 Å². The lowest BCUT2D eigenvalue weighted by atomic mass is 10.1. The zero-order valence-electron chi connectivity index (χ0n) is 6.74. The van der Waals surface area contributed by atoms with Gasteiger partial charge in [0.1, 0.15) is 0 Å². The number of carbonyl (C=O) groups excluding carboxylic acids is 1. The summed E-state index contributed by atoms with van der Waals surface area (Å²) in [5.41, 5.74) is 2.41. The van der Waals surface area contributed by atoms with Crippen LogP contribution in [0.2, 0.25) is 0 Å². The third kappa shape index (κ3) is 1.47. The predicted octanol–water partition coefficient (Wildman–Crippen LogP) is 2.47. The van der Waals surface area contributed by atoms with Gasteiger partial charge in [-0.3, -0.25) is 4.79 Å². The Hall–Kier alpha value is -0.590. The number of carbonyl (C=O) groups is 1. The van der Waals surface area contributed by atoms with Crippen molar-refractivity contribution in [1.29, 1.82) is 0 Å². The molecule has 1 saturated carbocycles. The smallest absolute Gasteiger partial charge is 0.155 e. The number of hydrogen-bond acceptors (Lipinski definition) is 1. The van der Waals surface area contributed by atoms with Gasteiger partial charge in [0.15, 0.2) is 5.78 Å². The number of rotatable bonds is 1. The topological polar surface area (TPSA) is 17.1 Å². The van der Waals surface area contributed by atoms with Crippen molar-refractivity contribution in [1.82, 2.24) is 0 Å². The van der Waals surface area contributed by atoms with E-state index in [2.05, 4.69) is 0 Å². The maximum atomic E-state index is 10.9. The van der Waals surface area contributed by atoms with Gasteiger partial charge in [-0.25, -0.2) is 0 Å². The van der Waals surface area contributed by atoms with Gasteiger partial charge in [0.2, 0.25) is 0 Å². The van der Waals surface area contributed by atoms with Crippen molar-refractivity contribution in [3.8, 4) is 0 Å². The molecule has 1 aliphatic carbocycles. The Morgan fingerprint density at radius 3 is 2.10 bits per heavy atom. The van der Waals surface area contributed by atoms with E-state index in [9.17, 15) is 4.79 Å². The second-order valence-corrected chi connectivity index (χ2v) is 2.99. The Kier molecular flexibility index (Phi) is 2.25. The molecule has 10 heavy (non-hydrogen) atoms. The maximum absolute atomic E-state index is 10.9. The molecule has 0 aromatic rings. The summed E-state index contributed by atoms with van der Waals surface area (Å²) in [6.45, 7) is 3.60. The molecule has 1 rings (SSSR count). The highest BCUT2D eigenvalue weighted by Gasteiger charge is 2.11. The first-order valence-electron chi connectivity index (χ1n) is 3.91. The quantitative estimate of drug-likeness (QED) is 0.509. The van der Waals surface area contributed by atoms with Crippen molar-refractivity contribution in [3.05, 3.63) is 11.1 Å². The largest absolute Gasteiger partial charge is 0.295 e. The van der Waals surface area contributed by atoms with Crippen LogP contribution in [0.15, 0.2) is 11.1 Å². The van der Waals surface area contributed by atoms with Crippen LogP contribution in [-0.2, 0) is 4.79 Å². The molecule has 0 heterocycles. The first-order chi connectivity index (χ1) is 4.72. The van der Waals surface area contributed by atoms with E-state index < -0.39 is 0 Å². The Morgan fingerprint density at radius 2 is 1.70 bits per heavy atom. The van der Waals surface area contributed by atoms with Crippen LogP contribution in [0.4, 0.5) is 0 Å². The van der Waals surface area contributed by atoms with Crippen molar-refractivity contribution >= 4 is 5.78 Å². The van der Waals surface area contributed by atoms with Gasteiger partial charge >= 0.3 is 0 Å². The number of ketones is 1. The van der Waals surface area contributed by atoms with Crippen molar-refractivity contribution in [2.45, 2.75) is 39.5 Å². The van der Waals surface area contributed by atoms with Crippen molar-refractivity contribution in [2.24, 2.45) is 0 Å². The standard InChI is InChI=1S/C9H14O/c1-7(8(2)10)9-5-3-4-6-9/h3-6H2,1-2H3. The third-order valence-electron chi connectivity index (χ3n) is 2.27. The predicted molar refractivity (Wildman–Crippen MR) is 41.8 cm³/mol. The molecule has 1 aliphatic rings. The lowest BCUT2D eigenvalue weighted by molar-refractivity contribution is -0.113. The van der Waals surface area contributed by atoms with Gasteiger partial charge in [-0.05, 0) is 45.1 Å². The van der Waals surface area contributed by atoms with Gasteiger partial charge in [-0.2, -0.15) is 0 Å². The van der Waals surface area contributed by atoms with Crippen molar-refractivity contribution < 1.29 is 4.79 Å². The van der Waals surface area contributed by atoms with Crippen molar-refractivity contribution in [2.75, 3.05) is 0 Å². The molecule has 56 valence electrons. The van der Waals surface area contributed by atoms with Crippen LogP contribution >= 0.6 is 0 Å². The minimum absolute atomic E-state index is 0.247. The lowest BCUT2D eigenvalue weighted by Crippen LogP contribution is -1.94. The first kappa shape index (κ1) is 7.52. The van der Waals surface area contributed by atoms with Crippen LogP contribution in [0.1, 0.15) is 39.5 Å². The summed E-state index contributed by atoms with van der Waals surface area (Å²) in [6.07, 6.45) is 4.87. The van der Waals surface area contributed by atoms with E-state index in [-0.39, 0.29) is 5.78 Å². The molecule has 0 N–H and O–H groups in total. The molecule has 0 saturated heterocycles. The van der Waals surface area contributed by atoms with Gasteiger partial charge in [-0.15, -0.1) is 0 Å². The second-order valence-electron chi connectivity index (χ2n) is 2.99.